The highest BCUT2D eigenvalue weighted by Gasteiger charge is 2.14. The first-order valence-corrected chi connectivity index (χ1v) is 11.3. The Balaban J connectivity index is 0.00000363. The quantitative estimate of drug-likeness (QED) is 0.263. The van der Waals surface area contributed by atoms with E-state index in [1.165, 1.54) is 32.1 Å². The molecule has 0 saturated heterocycles. The maximum Gasteiger partial charge on any atom is 0.191 e. The molecular weight excluding hydrogens is 519 g/mol. The summed E-state index contributed by atoms with van der Waals surface area (Å²) in [6, 6.07) is 5.92. The molecule has 9 heteroatoms. The van der Waals surface area contributed by atoms with Gasteiger partial charge in [-0.3, -0.25) is 0 Å². The number of nitrogens with zero attached hydrogens (tertiary/aromatic N) is 4. The molecule has 1 fully saturated rings. The van der Waals surface area contributed by atoms with Gasteiger partial charge in [-0.2, -0.15) is 0 Å². The van der Waals surface area contributed by atoms with Crippen molar-refractivity contribution in [1.82, 2.24) is 25.4 Å². The molecule has 1 aromatic carbocycles. The summed E-state index contributed by atoms with van der Waals surface area (Å²) in [5.41, 5.74) is 1.07. The summed E-state index contributed by atoms with van der Waals surface area (Å²) in [5.74, 6) is 4.02. The summed E-state index contributed by atoms with van der Waals surface area (Å²) in [5, 5.41) is 15.2. The molecule has 178 valence electrons. The number of ether oxygens (including phenoxy) is 2. The summed E-state index contributed by atoms with van der Waals surface area (Å²) in [6.45, 7) is 5.18. The fourth-order valence-electron chi connectivity index (χ4n) is 3.99. The Morgan fingerprint density at radius 3 is 2.62 bits per heavy atom. The first kappa shape index (κ1) is 26.2. The van der Waals surface area contributed by atoms with Gasteiger partial charge in [0.05, 0.1) is 20.8 Å². The number of methoxy groups -OCH3 is 2. The maximum absolute atomic E-state index is 5.42. The van der Waals surface area contributed by atoms with Gasteiger partial charge in [-0.05, 0) is 36.5 Å². The predicted molar refractivity (Wildman–Crippen MR) is 138 cm³/mol. The van der Waals surface area contributed by atoms with Gasteiger partial charge < -0.3 is 24.7 Å². The van der Waals surface area contributed by atoms with Gasteiger partial charge in [-0.1, -0.05) is 32.3 Å². The smallest absolute Gasteiger partial charge is 0.191 e. The first-order chi connectivity index (χ1) is 15.2. The molecule has 1 saturated carbocycles. The molecule has 0 unspecified atom stereocenters. The topological polar surface area (TPSA) is 85.6 Å². The Labute approximate surface area is 208 Å². The van der Waals surface area contributed by atoms with Gasteiger partial charge >= 0.3 is 0 Å². The Kier molecular flexibility index (Phi) is 11.6. The molecule has 8 nitrogen and oxygen atoms in total. The molecule has 2 aromatic rings. The SMILES string of the molecule is CCc1nncn1CCNC(=NCc1ccc(OC)c(OC)c1)NCC1CCCCC1.I. The molecule has 1 aliphatic rings. The normalized spacial score (nSPS) is 14.5. The minimum Gasteiger partial charge on any atom is -0.493 e. The van der Waals surface area contributed by atoms with Gasteiger partial charge in [-0.15, -0.1) is 34.2 Å². The van der Waals surface area contributed by atoms with Crippen LogP contribution in [-0.2, 0) is 19.5 Å². The molecule has 0 spiro atoms. The van der Waals surface area contributed by atoms with Crippen molar-refractivity contribution in [3.8, 4) is 11.5 Å². The molecule has 0 amide bonds. The van der Waals surface area contributed by atoms with Crippen LogP contribution < -0.4 is 20.1 Å². The van der Waals surface area contributed by atoms with E-state index in [1.54, 1.807) is 20.5 Å². The lowest BCUT2D eigenvalue weighted by molar-refractivity contribution is 0.354. The summed E-state index contributed by atoms with van der Waals surface area (Å²) in [7, 11) is 3.30. The molecule has 0 atom stereocenters. The fraction of sp³-hybridized carbons (Fsp3) is 0.609. The Hall–Kier alpha value is -2.04. The monoisotopic (exact) mass is 556 g/mol. The van der Waals surface area contributed by atoms with Crippen LogP contribution in [0.1, 0.15) is 50.4 Å². The lowest BCUT2D eigenvalue weighted by Gasteiger charge is -2.23. The maximum atomic E-state index is 5.42. The van der Waals surface area contributed by atoms with Crippen LogP contribution in [0, 0.1) is 5.92 Å². The number of aliphatic imine (C=N–C) groups is 1. The van der Waals surface area contributed by atoms with E-state index in [0.29, 0.717) is 6.54 Å². The van der Waals surface area contributed by atoms with Crippen LogP contribution in [0.15, 0.2) is 29.5 Å². The number of benzene rings is 1. The zero-order valence-electron chi connectivity index (χ0n) is 19.5. The fourth-order valence-corrected chi connectivity index (χ4v) is 3.99. The Bertz CT molecular complexity index is 836. The molecule has 1 aliphatic carbocycles. The van der Waals surface area contributed by atoms with Crippen LogP contribution in [0.4, 0.5) is 0 Å². The lowest BCUT2D eigenvalue weighted by atomic mass is 9.89. The lowest BCUT2D eigenvalue weighted by Crippen LogP contribution is -2.41. The number of nitrogens with one attached hydrogen (secondary N) is 2. The van der Waals surface area contributed by atoms with Crippen LogP contribution in [0.25, 0.3) is 0 Å². The third kappa shape index (κ3) is 7.83. The highest BCUT2D eigenvalue weighted by molar-refractivity contribution is 14.0. The van der Waals surface area contributed by atoms with Crippen molar-refractivity contribution < 1.29 is 9.47 Å². The van der Waals surface area contributed by atoms with Crippen LogP contribution in [0.2, 0.25) is 0 Å². The van der Waals surface area contributed by atoms with Crippen LogP contribution in [0.5, 0.6) is 11.5 Å². The van der Waals surface area contributed by atoms with E-state index in [9.17, 15) is 0 Å². The Morgan fingerprint density at radius 1 is 1.12 bits per heavy atom. The molecule has 2 N–H and O–H groups in total. The predicted octanol–water partition coefficient (Wildman–Crippen LogP) is 3.79. The van der Waals surface area contributed by atoms with Gasteiger partial charge in [0, 0.05) is 26.1 Å². The number of rotatable bonds is 10. The van der Waals surface area contributed by atoms with Crippen molar-refractivity contribution >= 4 is 29.9 Å². The second-order valence-electron chi connectivity index (χ2n) is 7.96. The van der Waals surface area contributed by atoms with Crippen molar-refractivity contribution in [2.24, 2.45) is 10.9 Å². The summed E-state index contributed by atoms with van der Waals surface area (Å²) in [4.78, 5) is 4.83. The number of hydrogen-bond donors (Lipinski definition) is 2. The number of aryl methyl sites for hydroxylation is 1. The highest BCUT2D eigenvalue weighted by atomic mass is 127. The van der Waals surface area contributed by atoms with Crippen LogP contribution in [-0.4, -0.2) is 48.0 Å². The molecule has 0 bridgehead atoms. The second kappa shape index (κ2) is 14.2. The van der Waals surface area contributed by atoms with Gasteiger partial charge in [0.2, 0.25) is 0 Å². The van der Waals surface area contributed by atoms with Crippen molar-refractivity contribution in [1.29, 1.82) is 0 Å². The zero-order chi connectivity index (χ0) is 21.9. The Morgan fingerprint density at radius 2 is 1.91 bits per heavy atom. The van der Waals surface area contributed by atoms with E-state index in [-0.39, 0.29) is 24.0 Å². The van der Waals surface area contributed by atoms with Gasteiger partial charge in [0.1, 0.15) is 12.2 Å². The van der Waals surface area contributed by atoms with E-state index in [2.05, 4.69) is 32.3 Å². The minimum atomic E-state index is 0. The molecule has 1 heterocycles. The van der Waals surface area contributed by atoms with E-state index in [1.807, 2.05) is 18.2 Å². The van der Waals surface area contributed by atoms with Gasteiger partial charge in [0.25, 0.3) is 0 Å². The van der Waals surface area contributed by atoms with E-state index in [0.717, 1.165) is 60.8 Å². The largest absolute Gasteiger partial charge is 0.493 e. The van der Waals surface area contributed by atoms with Crippen molar-refractivity contribution in [3.63, 3.8) is 0 Å². The molecule has 1 aromatic heterocycles. The number of halogens is 1. The highest BCUT2D eigenvalue weighted by Crippen LogP contribution is 2.27. The molecule has 32 heavy (non-hydrogen) atoms. The van der Waals surface area contributed by atoms with Gasteiger partial charge in [-0.25, -0.2) is 4.99 Å². The van der Waals surface area contributed by atoms with Crippen LogP contribution >= 0.6 is 24.0 Å². The first-order valence-electron chi connectivity index (χ1n) is 11.3. The average molecular weight is 556 g/mol. The second-order valence-corrected chi connectivity index (χ2v) is 7.96. The van der Waals surface area contributed by atoms with Crippen molar-refractivity contribution in [3.05, 3.63) is 35.9 Å². The third-order valence-corrected chi connectivity index (χ3v) is 5.81. The molecule has 3 rings (SSSR count). The molecular formula is C23H37IN6O2. The molecule has 0 radical (unpaired) electrons. The number of hydrogen-bond acceptors (Lipinski definition) is 5. The summed E-state index contributed by atoms with van der Waals surface area (Å²) < 4.78 is 12.8. The van der Waals surface area contributed by atoms with Crippen molar-refractivity contribution in [2.45, 2.75) is 58.5 Å². The third-order valence-electron chi connectivity index (χ3n) is 5.81. The summed E-state index contributed by atoms with van der Waals surface area (Å²) >= 11 is 0. The standard InChI is InChI=1S/C23H36N6O2.HI/c1-4-22-28-27-17-29(22)13-12-24-23(25-15-18-8-6-5-7-9-18)26-16-19-10-11-20(30-2)21(14-19)31-3;/h10-11,14,17-18H,4-9,12-13,15-16H2,1-3H3,(H2,24,25,26);1H. The number of guanidine groups is 1. The molecule has 0 aliphatic heterocycles. The average Bonchev–Trinajstić information content (AvgIpc) is 3.28. The van der Waals surface area contributed by atoms with Gasteiger partial charge in [0.15, 0.2) is 17.5 Å². The van der Waals surface area contributed by atoms with E-state index >= 15 is 0 Å². The number of aromatic nitrogens is 3. The van der Waals surface area contributed by atoms with E-state index in [4.69, 9.17) is 14.5 Å². The van der Waals surface area contributed by atoms with E-state index < -0.39 is 0 Å². The van der Waals surface area contributed by atoms with Crippen molar-refractivity contribution in [2.75, 3.05) is 27.3 Å². The minimum absolute atomic E-state index is 0. The van der Waals surface area contributed by atoms with Crippen LogP contribution in [0.3, 0.4) is 0 Å². The zero-order valence-corrected chi connectivity index (χ0v) is 21.8. The summed E-state index contributed by atoms with van der Waals surface area (Å²) in [6.07, 6.45) is 9.31.